The topological polar surface area (TPSA) is 35.9 Å². The first-order valence-corrected chi connectivity index (χ1v) is 27.4. The zero-order valence-corrected chi connectivity index (χ0v) is 49.9. The second-order valence-corrected chi connectivity index (χ2v) is 24.7. The number of nitrogens with zero attached hydrogens (tertiary/aromatic N) is 4. The van der Waals surface area contributed by atoms with Gasteiger partial charge in [0.05, 0.1) is 11.4 Å². The van der Waals surface area contributed by atoms with E-state index in [1.807, 2.05) is 6.20 Å². The summed E-state index contributed by atoms with van der Waals surface area (Å²) in [5.41, 5.74) is 14.0. The molecule has 5 nitrogen and oxygen atoms in total. The van der Waals surface area contributed by atoms with E-state index in [9.17, 15) is 0 Å². The third kappa shape index (κ3) is 10.5. The zero-order chi connectivity index (χ0) is 54.8. The number of para-hydroxylation sites is 1. The van der Waals surface area contributed by atoms with Crippen LogP contribution in [-0.4, -0.2) is 14.1 Å². The molecule has 0 aliphatic rings. The van der Waals surface area contributed by atoms with Crippen molar-refractivity contribution in [2.45, 2.75) is 110 Å². The fraction of sp³-hybridized carbons (Fsp3) is 0.233. The Hall–Kier alpha value is -7.59. The fourth-order valence-electron chi connectivity index (χ4n) is 11.1. The van der Waals surface area contributed by atoms with Gasteiger partial charge < -0.3 is 13.9 Å². The van der Waals surface area contributed by atoms with Gasteiger partial charge in [-0.3, -0.25) is 4.57 Å². The van der Waals surface area contributed by atoms with Gasteiger partial charge in [0, 0.05) is 66.7 Å². The number of hydrogen-bond acceptors (Lipinski definition) is 2. The van der Waals surface area contributed by atoms with Gasteiger partial charge in [-0.15, -0.1) is 35.4 Å². The predicted molar refractivity (Wildman–Crippen MR) is 321 cm³/mol. The zero-order valence-electron chi connectivity index (χ0n) is 47.6. The van der Waals surface area contributed by atoms with E-state index in [4.69, 9.17) is 9.72 Å². The van der Waals surface area contributed by atoms with Crippen LogP contribution < -0.4 is 9.30 Å². The van der Waals surface area contributed by atoms with Crippen molar-refractivity contribution in [3.8, 4) is 39.8 Å². The number of ether oxygens (including phenoxy) is 1. The molecule has 11 aromatic rings. The van der Waals surface area contributed by atoms with Crippen molar-refractivity contribution >= 4 is 21.8 Å². The van der Waals surface area contributed by atoms with Gasteiger partial charge in [0.2, 0.25) is 0 Å². The number of pyridine rings is 1. The Morgan fingerprint density at radius 1 is 0.468 bits per heavy atom. The maximum atomic E-state index is 7.18. The standard InChI is InChI=1S/C73H70N4O.Pt/c1-69(2,3)55-37-38-74-67(44-55)77-64-36-26-25-35-62(64)68-63(70(4,5)6)46-61(47-65(68)77)78-60-40-51(50-27-17-13-18-28-50)39-58(45-60)75-48-66(73(11,12)54-33-23-16-24-34-54)76(49-75)59-42-56(71(7,8)52-29-19-14-20-30-52)41-57(43-59)72(9,10)53-31-21-15-22-32-53;/h13-44,46,48H,1-12H3;/q-2;. The Bertz CT molecular complexity index is 3900. The Kier molecular flexibility index (Phi) is 14.5. The molecule has 0 fully saturated rings. The van der Waals surface area contributed by atoms with E-state index >= 15 is 0 Å². The summed E-state index contributed by atoms with van der Waals surface area (Å²) in [7, 11) is 0. The van der Waals surface area contributed by atoms with Crippen LogP contribution in [0.1, 0.15) is 128 Å². The molecule has 0 radical (unpaired) electrons. The maximum absolute atomic E-state index is 7.18. The van der Waals surface area contributed by atoms with Gasteiger partial charge >= 0.3 is 0 Å². The van der Waals surface area contributed by atoms with Crippen molar-refractivity contribution in [2.75, 3.05) is 0 Å². The number of benzene rings is 8. The molecule has 8 aromatic carbocycles. The molecule has 11 rings (SSSR count). The summed E-state index contributed by atoms with van der Waals surface area (Å²) >= 11 is 0. The summed E-state index contributed by atoms with van der Waals surface area (Å²) in [6.45, 7) is 27.5. The molecule has 0 aliphatic carbocycles. The molecule has 0 N–H and O–H groups in total. The molecular weight excluding hydrogens is 1140 g/mol. The third-order valence-electron chi connectivity index (χ3n) is 16.2. The normalized spacial score (nSPS) is 12.5. The van der Waals surface area contributed by atoms with Crippen LogP contribution in [0, 0.1) is 18.5 Å². The molecule has 0 amide bonds. The van der Waals surface area contributed by atoms with Crippen LogP contribution in [0.25, 0.3) is 50.1 Å². The average Bonchev–Trinajstić information content (AvgIpc) is 4.13. The van der Waals surface area contributed by atoms with Crippen molar-refractivity contribution in [1.29, 1.82) is 0 Å². The molecule has 3 heterocycles. The SMILES string of the molecule is CC(C)(C)c1ccnc(-n2c3[c-]c(Oc4[c-]c(-n5[c-][n+](-c6cc(C(C)(C)c7ccccc7)cc(C(C)(C)c7ccccc7)c6)c(C(C)(C)c6ccccc6)c5)cc(-c5ccccc5)c4)cc(C(C)(C)C)c3c3ccccc32)c1.[Pt]. The molecule has 6 heteroatoms. The quantitative estimate of drug-likeness (QED) is 0.0903. The first kappa shape index (κ1) is 54.8. The monoisotopic (exact) mass is 1210 g/mol. The van der Waals surface area contributed by atoms with Gasteiger partial charge in [-0.2, -0.15) is 6.07 Å². The molecule has 0 bridgehead atoms. The maximum Gasteiger partial charge on any atom is 0.267 e. The van der Waals surface area contributed by atoms with E-state index in [2.05, 4.69) is 316 Å². The van der Waals surface area contributed by atoms with E-state index in [0.29, 0.717) is 11.5 Å². The van der Waals surface area contributed by atoms with Crippen LogP contribution in [0.15, 0.2) is 207 Å². The van der Waals surface area contributed by atoms with Crippen LogP contribution in [0.5, 0.6) is 11.5 Å². The van der Waals surface area contributed by atoms with Gasteiger partial charge in [0.25, 0.3) is 6.33 Å². The van der Waals surface area contributed by atoms with Crippen LogP contribution >= 0.6 is 0 Å². The summed E-state index contributed by atoms with van der Waals surface area (Å²) in [5.74, 6) is 2.01. The minimum absolute atomic E-state index is 0. The number of aromatic nitrogens is 4. The molecular formula is C73H70N4OPt-2. The van der Waals surface area contributed by atoms with E-state index in [1.54, 1.807) is 0 Å². The van der Waals surface area contributed by atoms with Crippen molar-refractivity contribution < 1.29 is 30.4 Å². The summed E-state index contributed by atoms with van der Waals surface area (Å²) in [4.78, 5) is 5.01. The predicted octanol–water partition coefficient (Wildman–Crippen LogP) is 17.7. The summed E-state index contributed by atoms with van der Waals surface area (Å²) < 4.78 is 13.8. The van der Waals surface area contributed by atoms with Gasteiger partial charge in [0.1, 0.15) is 5.82 Å². The molecule has 400 valence electrons. The second-order valence-electron chi connectivity index (χ2n) is 24.7. The Labute approximate surface area is 482 Å². The fourth-order valence-corrected chi connectivity index (χ4v) is 11.1. The van der Waals surface area contributed by atoms with Crippen molar-refractivity contribution in [3.05, 3.63) is 270 Å². The van der Waals surface area contributed by atoms with E-state index in [0.717, 1.165) is 61.4 Å². The minimum Gasteiger partial charge on any atom is -0.510 e. The molecule has 0 spiro atoms. The molecule has 79 heavy (non-hydrogen) atoms. The Morgan fingerprint density at radius 3 is 1.57 bits per heavy atom. The summed E-state index contributed by atoms with van der Waals surface area (Å²) in [6, 6.07) is 77.2. The molecule has 0 saturated carbocycles. The van der Waals surface area contributed by atoms with Crippen LogP contribution in [0.4, 0.5) is 0 Å². The first-order chi connectivity index (χ1) is 37.2. The number of imidazole rings is 1. The average molecular weight is 1210 g/mol. The molecule has 0 aliphatic heterocycles. The first-order valence-electron chi connectivity index (χ1n) is 27.4. The summed E-state index contributed by atoms with van der Waals surface area (Å²) in [5, 5.41) is 2.29. The molecule has 0 saturated heterocycles. The smallest absolute Gasteiger partial charge is 0.267 e. The third-order valence-corrected chi connectivity index (χ3v) is 16.2. The van der Waals surface area contributed by atoms with Gasteiger partial charge in [-0.1, -0.05) is 240 Å². The number of rotatable bonds is 12. The molecule has 3 aromatic heterocycles. The van der Waals surface area contributed by atoms with Gasteiger partial charge in [0.15, 0.2) is 0 Å². The molecule has 0 unspecified atom stereocenters. The van der Waals surface area contributed by atoms with Crippen molar-refractivity contribution in [3.63, 3.8) is 0 Å². The van der Waals surface area contributed by atoms with Crippen LogP contribution in [0.3, 0.4) is 0 Å². The van der Waals surface area contributed by atoms with Crippen molar-refractivity contribution in [1.82, 2.24) is 14.1 Å². The largest absolute Gasteiger partial charge is 0.510 e. The van der Waals surface area contributed by atoms with Crippen LogP contribution in [-0.2, 0) is 48.1 Å². The number of hydrogen-bond donors (Lipinski definition) is 0. The van der Waals surface area contributed by atoms with Crippen molar-refractivity contribution in [2.24, 2.45) is 0 Å². The van der Waals surface area contributed by atoms with Gasteiger partial charge in [-0.25, -0.2) is 4.98 Å². The van der Waals surface area contributed by atoms with Gasteiger partial charge in [-0.05, 0) is 91.2 Å². The Morgan fingerprint density at radius 2 is 1.00 bits per heavy atom. The van der Waals surface area contributed by atoms with Crippen LogP contribution in [0.2, 0.25) is 0 Å². The van der Waals surface area contributed by atoms with E-state index < -0.39 is 5.41 Å². The van der Waals surface area contributed by atoms with E-state index in [-0.39, 0.29) is 42.7 Å². The summed E-state index contributed by atoms with van der Waals surface area (Å²) in [6.07, 6.45) is 8.10. The molecule has 0 atom stereocenters. The van der Waals surface area contributed by atoms with E-state index in [1.165, 1.54) is 33.4 Å². The number of fused-ring (bicyclic) bond motifs is 3. The minimum atomic E-state index is -0.465. The Balaban J connectivity index is 0.00000704. The second kappa shape index (κ2) is 20.9.